The molecule has 0 aromatic carbocycles. The molecule has 3 N–H and O–H groups in total. The summed E-state index contributed by atoms with van der Waals surface area (Å²) in [6.07, 6.45) is 10.2. The van der Waals surface area contributed by atoms with E-state index in [1.165, 1.54) is 12.5 Å². The van der Waals surface area contributed by atoms with Gasteiger partial charge in [-0.25, -0.2) is 9.89 Å². The summed E-state index contributed by atoms with van der Waals surface area (Å²) in [7, 11) is 0. The van der Waals surface area contributed by atoms with Crippen LogP contribution in [0.1, 0.15) is 37.8 Å². The van der Waals surface area contributed by atoms with Crippen molar-refractivity contribution in [2.24, 2.45) is 5.92 Å². The minimum Gasteiger partial charge on any atom is -0.338 e. The van der Waals surface area contributed by atoms with Crippen molar-refractivity contribution in [3.8, 4) is 0 Å². The van der Waals surface area contributed by atoms with Crippen LogP contribution in [0, 0.1) is 5.92 Å². The fourth-order valence-electron chi connectivity index (χ4n) is 2.38. The average molecular weight is 290 g/mol. The van der Waals surface area contributed by atoms with Crippen LogP contribution in [0.4, 0.5) is 4.79 Å². The largest absolute Gasteiger partial charge is 0.338 e. The van der Waals surface area contributed by atoms with Gasteiger partial charge in [-0.3, -0.25) is 4.79 Å². The quantitative estimate of drug-likeness (QED) is 0.738. The molecule has 114 valence electrons. The maximum Gasteiger partial charge on any atom is 0.315 e. The van der Waals surface area contributed by atoms with E-state index in [1.54, 1.807) is 6.07 Å². The molecule has 2 amide bonds. The molecule has 0 aliphatic heterocycles. The van der Waals surface area contributed by atoms with Gasteiger partial charge in [0.25, 0.3) is 5.56 Å². The molecule has 1 atom stereocenters. The summed E-state index contributed by atoms with van der Waals surface area (Å²) >= 11 is 0. The summed E-state index contributed by atoms with van der Waals surface area (Å²) in [6, 6.07) is 2.80. The van der Waals surface area contributed by atoms with Gasteiger partial charge in [0, 0.05) is 12.6 Å². The van der Waals surface area contributed by atoms with E-state index in [0.717, 1.165) is 25.7 Å². The second-order valence-electron chi connectivity index (χ2n) is 5.32. The zero-order valence-corrected chi connectivity index (χ0v) is 12.1. The Bertz CT molecular complexity index is 518. The van der Waals surface area contributed by atoms with Crippen molar-refractivity contribution >= 4 is 6.03 Å². The number of hydrogen-bond donors (Lipinski definition) is 3. The maximum atomic E-state index is 11.7. The van der Waals surface area contributed by atoms with Gasteiger partial charge in [-0.2, -0.15) is 5.10 Å². The highest BCUT2D eigenvalue weighted by Gasteiger charge is 2.11. The number of aromatic nitrogens is 2. The number of rotatable bonds is 4. The molecular formula is C15H22N4O2. The molecule has 0 saturated heterocycles. The van der Waals surface area contributed by atoms with E-state index in [-0.39, 0.29) is 11.6 Å². The Morgan fingerprint density at radius 2 is 2.10 bits per heavy atom. The number of carbonyl (C=O) groups is 1. The minimum atomic E-state index is -0.249. The molecule has 0 radical (unpaired) electrons. The topological polar surface area (TPSA) is 86.9 Å². The number of nitrogens with one attached hydrogen (secondary N) is 3. The van der Waals surface area contributed by atoms with E-state index < -0.39 is 0 Å². The molecule has 6 nitrogen and oxygen atoms in total. The van der Waals surface area contributed by atoms with Crippen molar-refractivity contribution in [1.29, 1.82) is 0 Å². The Labute approximate surface area is 124 Å². The Morgan fingerprint density at radius 1 is 1.24 bits per heavy atom. The Morgan fingerprint density at radius 3 is 2.90 bits per heavy atom. The van der Waals surface area contributed by atoms with Gasteiger partial charge < -0.3 is 10.6 Å². The van der Waals surface area contributed by atoms with Crippen LogP contribution in [-0.2, 0) is 6.54 Å². The molecule has 1 unspecified atom stereocenters. The van der Waals surface area contributed by atoms with Crippen LogP contribution in [0.2, 0.25) is 0 Å². The SMILES string of the molecule is O=C(NCc1ccc(=O)[nH]n1)NCC1CC/C=C\CCC1. The van der Waals surface area contributed by atoms with E-state index in [0.29, 0.717) is 24.7 Å². The zero-order chi connectivity index (χ0) is 14.9. The van der Waals surface area contributed by atoms with Crippen LogP contribution in [0.25, 0.3) is 0 Å². The van der Waals surface area contributed by atoms with Crippen molar-refractivity contribution in [3.05, 3.63) is 40.3 Å². The van der Waals surface area contributed by atoms with Gasteiger partial charge in [-0.1, -0.05) is 12.2 Å². The van der Waals surface area contributed by atoms with Crippen LogP contribution in [0.3, 0.4) is 0 Å². The minimum absolute atomic E-state index is 0.194. The lowest BCUT2D eigenvalue weighted by Gasteiger charge is -2.18. The van der Waals surface area contributed by atoms with E-state index in [4.69, 9.17) is 0 Å². The average Bonchev–Trinajstić information content (AvgIpc) is 2.45. The summed E-state index contributed by atoms with van der Waals surface area (Å²) in [6.45, 7) is 1.01. The predicted molar refractivity (Wildman–Crippen MR) is 80.8 cm³/mol. The van der Waals surface area contributed by atoms with Crippen molar-refractivity contribution in [2.45, 2.75) is 38.6 Å². The third kappa shape index (κ3) is 5.81. The fraction of sp³-hybridized carbons (Fsp3) is 0.533. The molecule has 6 heteroatoms. The summed E-state index contributed by atoms with van der Waals surface area (Å²) in [5, 5.41) is 11.8. The number of carbonyl (C=O) groups excluding carboxylic acids is 1. The first-order chi connectivity index (χ1) is 10.2. The lowest BCUT2D eigenvalue weighted by Crippen LogP contribution is -2.38. The zero-order valence-electron chi connectivity index (χ0n) is 12.1. The highest BCUT2D eigenvalue weighted by molar-refractivity contribution is 5.73. The third-order valence-corrected chi connectivity index (χ3v) is 3.61. The van der Waals surface area contributed by atoms with Gasteiger partial charge in [0.1, 0.15) is 0 Å². The standard InChI is InChI=1S/C15H22N4O2/c20-14-9-8-13(18-19-14)11-17-15(21)16-10-12-6-4-2-1-3-5-7-12/h1-2,8-9,12H,3-7,10-11H2,(H,19,20)(H2,16,17,21)/b2-1-. The molecule has 1 aliphatic carbocycles. The molecule has 0 bridgehead atoms. The number of nitrogens with zero attached hydrogens (tertiary/aromatic N) is 1. The van der Waals surface area contributed by atoms with Crippen molar-refractivity contribution < 1.29 is 4.79 Å². The number of urea groups is 1. The van der Waals surface area contributed by atoms with Crippen molar-refractivity contribution in [1.82, 2.24) is 20.8 Å². The smallest absolute Gasteiger partial charge is 0.315 e. The number of hydrogen-bond acceptors (Lipinski definition) is 3. The maximum absolute atomic E-state index is 11.7. The van der Waals surface area contributed by atoms with E-state index >= 15 is 0 Å². The Balaban J connectivity index is 1.68. The molecule has 0 saturated carbocycles. The third-order valence-electron chi connectivity index (χ3n) is 3.61. The molecule has 1 heterocycles. The fourth-order valence-corrected chi connectivity index (χ4v) is 2.38. The van der Waals surface area contributed by atoms with Crippen molar-refractivity contribution in [3.63, 3.8) is 0 Å². The molecule has 1 aromatic heterocycles. The van der Waals surface area contributed by atoms with Gasteiger partial charge in [-0.15, -0.1) is 0 Å². The molecule has 0 spiro atoms. The second kappa shape index (κ2) is 8.24. The normalized spacial score (nSPS) is 20.1. The van der Waals surface area contributed by atoms with Crippen LogP contribution >= 0.6 is 0 Å². The van der Waals surface area contributed by atoms with E-state index in [1.807, 2.05) is 0 Å². The molecule has 1 aliphatic rings. The molecule has 1 aromatic rings. The summed E-state index contributed by atoms with van der Waals surface area (Å²) in [5.41, 5.74) is 0.377. The highest BCUT2D eigenvalue weighted by Crippen LogP contribution is 2.17. The number of allylic oxidation sites excluding steroid dienone is 2. The molecule has 0 fully saturated rings. The lowest BCUT2D eigenvalue weighted by molar-refractivity contribution is 0.237. The first-order valence-corrected chi connectivity index (χ1v) is 7.45. The van der Waals surface area contributed by atoms with Crippen LogP contribution in [0.5, 0.6) is 0 Å². The Kier molecular flexibility index (Phi) is 5.99. The van der Waals surface area contributed by atoms with E-state index in [9.17, 15) is 9.59 Å². The first-order valence-electron chi connectivity index (χ1n) is 7.45. The molecule has 2 rings (SSSR count). The van der Waals surface area contributed by atoms with E-state index in [2.05, 4.69) is 33.0 Å². The summed E-state index contributed by atoms with van der Waals surface area (Å²) in [4.78, 5) is 22.6. The number of aromatic amines is 1. The summed E-state index contributed by atoms with van der Waals surface area (Å²) < 4.78 is 0. The number of H-pyrrole nitrogens is 1. The summed E-state index contributed by atoms with van der Waals surface area (Å²) in [5.74, 6) is 0.548. The monoisotopic (exact) mass is 290 g/mol. The van der Waals surface area contributed by atoms with Gasteiger partial charge in [-0.05, 0) is 44.1 Å². The highest BCUT2D eigenvalue weighted by atomic mass is 16.2. The van der Waals surface area contributed by atoms with Gasteiger partial charge in [0.05, 0.1) is 12.2 Å². The van der Waals surface area contributed by atoms with Gasteiger partial charge >= 0.3 is 6.03 Å². The van der Waals surface area contributed by atoms with Crippen LogP contribution < -0.4 is 16.2 Å². The lowest BCUT2D eigenvalue weighted by atomic mass is 9.94. The second-order valence-corrected chi connectivity index (χ2v) is 5.32. The predicted octanol–water partition coefficient (Wildman–Crippen LogP) is 1.71. The molecular weight excluding hydrogens is 268 g/mol. The molecule has 21 heavy (non-hydrogen) atoms. The van der Waals surface area contributed by atoms with Gasteiger partial charge in [0.2, 0.25) is 0 Å². The van der Waals surface area contributed by atoms with Crippen LogP contribution in [-0.4, -0.2) is 22.8 Å². The van der Waals surface area contributed by atoms with Crippen molar-refractivity contribution in [2.75, 3.05) is 6.54 Å². The van der Waals surface area contributed by atoms with Crippen LogP contribution in [0.15, 0.2) is 29.1 Å². The number of amides is 2. The first kappa shape index (κ1) is 15.3. The Hall–Kier alpha value is -2.11. The van der Waals surface area contributed by atoms with Gasteiger partial charge in [0.15, 0.2) is 0 Å².